The number of aliphatic imine (C=N–C) groups is 1. The van der Waals surface area contributed by atoms with Crippen molar-refractivity contribution in [3.05, 3.63) is 35.4 Å². The Balaban J connectivity index is 2.08. The zero-order valence-electron chi connectivity index (χ0n) is 11.9. The minimum Gasteiger partial charge on any atom is -0.370 e. The van der Waals surface area contributed by atoms with Crippen LogP contribution in [0.15, 0.2) is 29.3 Å². The fraction of sp³-hybridized carbons (Fsp3) is 0.533. The van der Waals surface area contributed by atoms with Gasteiger partial charge in [-0.25, -0.2) is 4.99 Å². The van der Waals surface area contributed by atoms with E-state index in [2.05, 4.69) is 46.4 Å². The molecule has 2 rings (SSSR count). The Hall–Kier alpha value is -1.55. The summed E-state index contributed by atoms with van der Waals surface area (Å²) in [5, 5.41) is 3.04. The van der Waals surface area contributed by atoms with Gasteiger partial charge in [0.25, 0.3) is 0 Å². The van der Waals surface area contributed by atoms with E-state index < -0.39 is 0 Å². The van der Waals surface area contributed by atoms with Crippen LogP contribution in [-0.4, -0.2) is 24.1 Å². The van der Waals surface area contributed by atoms with E-state index in [4.69, 9.17) is 5.73 Å². The van der Waals surface area contributed by atoms with Crippen LogP contribution in [0.4, 0.5) is 0 Å². The molecule has 0 bridgehead atoms. The summed E-state index contributed by atoms with van der Waals surface area (Å²) in [6.07, 6.45) is 2.36. The van der Waals surface area contributed by atoms with Gasteiger partial charge in [0.05, 0.1) is 6.67 Å². The van der Waals surface area contributed by atoms with Crippen LogP contribution >= 0.6 is 0 Å². The topological polar surface area (TPSA) is 53.6 Å². The molecule has 0 fully saturated rings. The molecule has 1 unspecified atom stereocenters. The number of rotatable bonds is 5. The number of guanidine groups is 1. The first kappa shape index (κ1) is 13.9. The SMILES string of the molecule is CCCC1c2ccccc2CN1CN=C(N)NCC. The second kappa shape index (κ2) is 6.57. The second-order valence-corrected chi connectivity index (χ2v) is 4.97. The van der Waals surface area contributed by atoms with Gasteiger partial charge in [-0.15, -0.1) is 0 Å². The molecule has 0 amide bonds. The molecule has 0 saturated heterocycles. The maximum absolute atomic E-state index is 5.80. The Bertz CT molecular complexity index is 442. The van der Waals surface area contributed by atoms with Gasteiger partial charge in [0.15, 0.2) is 5.96 Å². The molecule has 0 spiro atoms. The van der Waals surface area contributed by atoms with Crippen LogP contribution in [0.25, 0.3) is 0 Å². The molecule has 1 aliphatic rings. The number of nitrogens with two attached hydrogens (primary N) is 1. The van der Waals surface area contributed by atoms with Gasteiger partial charge >= 0.3 is 0 Å². The average Bonchev–Trinajstić information content (AvgIpc) is 2.76. The van der Waals surface area contributed by atoms with Crippen molar-refractivity contribution in [3.63, 3.8) is 0 Å². The zero-order chi connectivity index (χ0) is 13.7. The number of nitrogens with one attached hydrogen (secondary N) is 1. The highest BCUT2D eigenvalue weighted by Gasteiger charge is 2.28. The monoisotopic (exact) mass is 260 g/mol. The lowest BCUT2D eigenvalue weighted by atomic mass is 10.0. The minimum absolute atomic E-state index is 0.486. The van der Waals surface area contributed by atoms with Gasteiger partial charge in [-0.2, -0.15) is 0 Å². The van der Waals surface area contributed by atoms with Gasteiger partial charge in [-0.1, -0.05) is 37.6 Å². The standard InChI is InChI=1S/C15H24N4/c1-3-7-14-13-9-6-5-8-12(13)10-19(14)11-18-15(16)17-4-2/h5-6,8-9,14H,3-4,7,10-11H2,1-2H3,(H3,16,17,18). The molecule has 1 aliphatic heterocycles. The van der Waals surface area contributed by atoms with Crippen molar-refractivity contribution < 1.29 is 0 Å². The van der Waals surface area contributed by atoms with Gasteiger partial charge in [0.1, 0.15) is 0 Å². The molecule has 0 aliphatic carbocycles. The van der Waals surface area contributed by atoms with Crippen LogP contribution in [0.3, 0.4) is 0 Å². The number of hydrogen-bond acceptors (Lipinski definition) is 2. The van der Waals surface area contributed by atoms with E-state index in [1.165, 1.54) is 24.0 Å². The molecule has 1 atom stereocenters. The fourth-order valence-corrected chi connectivity index (χ4v) is 2.69. The van der Waals surface area contributed by atoms with Crippen molar-refractivity contribution >= 4 is 5.96 Å². The first-order valence-electron chi connectivity index (χ1n) is 7.11. The smallest absolute Gasteiger partial charge is 0.189 e. The highest BCUT2D eigenvalue weighted by molar-refractivity contribution is 5.77. The highest BCUT2D eigenvalue weighted by atomic mass is 15.3. The van der Waals surface area contributed by atoms with Crippen LogP contribution in [0, 0.1) is 0 Å². The van der Waals surface area contributed by atoms with E-state index in [1.54, 1.807) is 0 Å². The van der Waals surface area contributed by atoms with Gasteiger partial charge < -0.3 is 11.1 Å². The first-order valence-corrected chi connectivity index (χ1v) is 7.11. The van der Waals surface area contributed by atoms with Gasteiger partial charge in [0.2, 0.25) is 0 Å². The predicted octanol–water partition coefficient (Wildman–Crippen LogP) is 2.23. The van der Waals surface area contributed by atoms with Crippen LogP contribution < -0.4 is 11.1 Å². The molecule has 1 heterocycles. The van der Waals surface area contributed by atoms with Crippen LogP contribution in [0.5, 0.6) is 0 Å². The molecule has 1 aromatic carbocycles. The molecule has 0 radical (unpaired) electrons. The van der Waals surface area contributed by atoms with E-state index in [9.17, 15) is 0 Å². The van der Waals surface area contributed by atoms with Crippen molar-refractivity contribution in [1.82, 2.24) is 10.2 Å². The number of fused-ring (bicyclic) bond motifs is 1. The molecule has 4 heteroatoms. The van der Waals surface area contributed by atoms with Crippen LogP contribution in [-0.2, 0) is 6.54 Å². The number of hydrogen-bond donors (Lipinski definition) is 2. The van der Waals surface area contributed by atoms with E-state index in [1.807, 2.05) is 6.92 Å². The Morgan fingerprint density at radius 3 is 2.95 bits per heavy atom. The van der Waals surface area contributed by atoms with Crippen molar-refractivity contribution in [2.75, 3.05) is 13.2 Å². The Kier molecular flexibility index (Phi) is 4.80. The van der Waals surface area contributed by atoms with Crippen molar-refractivity contribution in [2.45, 2.75) is 39.3 Å². The molecule has 104 valence electrons. The zero-order valence-corrected chi connectivity index (χ0v) is 11.9. The summed E-state index contributed by atoms with van der Waals surface area (Å²) in [6.45, 7) is 6.71. The fourth-order valence-electron chi connectivity index (χ4n) is 2.69. The molecule has 0 aromatic heterocycles. The molecule has 0 saturated carbocycles. The van der Waals surface area contributed by atoms with Crippen molar-refractivity contribution in [2.24, 2.45) is 10.7 Å². The summed E-state index contributed by atoms with van der Waals surface area (Å²) < 4.78 is 0. The average molecular weight is 260 g/mol. The quantitative estimate of drug-likeness (QED) is 0.630. The molecule has 4 nitrogen and oxygen atoms in total. The van der Waals surface area contributed by atoms with Crippen molar-refractivity contribution in [3.8, 4) is 0 Å². The lowest BCUT2D eigenvalue weighted by Crippen LogP contribution is -2.33. The molecular formula is C15H24N4. The summed E-state index contributed by atoms with van der Waals surface area (Å²) in [5.74, 6) is 0.536. The van der Waals surface area contributed by atoms with Gasteiger partial charge in [-0.3, -0.25) is 4.90 Å². The lowest BCUT2D eigenvalue weighted by Gasteiger charge is -2.23. The minimum atomic E-state index is 0.486. The van der Waals surface area contributed by atoms with E-state index in [0.717, 1.165) is 13.1 Å². The third-order valence-electron chi connectivity index (χ3n) is 3.57. The third-order valence-corrected chi connectivity index (χ3v) is 3.57. The lowest BCUT2D eigenvalue weighted by molar-refractivity contribution is 0.211. The van der Waals surface area contributed by atoms with Gasteiger partial charge in [0, 0.05) is 19.1 Å². The summed E-state index contributed by atoms with van der Waals surface area (Å²) in [7, 11) is 0. The van der Waals surface area contributed by atoms with E-state index in [0.29, 0.717) is 18.7 Å². The largest absolute Gasteiger partial charge is 0.370 e. The molecule has 1 aromatic rings. The molecular weight excluding hydrogens is 236 g/mol. The first-order chi connectivity index (χ1) is 9.26. The second-order valence-electron chi connectivity index (χ2n) is 4.97. The Labute approximate surface area is 115 Å². The van der Waals surface area contributed by atoms with Crippen LogP contribution in [0.1, 0.15) is 43.9 Å². The number of benzene rings is 1. The molecule has 19 heavy (non-hydrogen) atoms. The maximum atomic E-state index is 5.80. The van der Waals surface area contributed by atoms with Crippen molar-refractivity contribution in [1.29, 1.82) is 0 Å². The van der Waals surface area contributed by atoms with Crippen LogP contribution in [0.2, 0.25) is 0 Å². The summed E-state index contributed by atoms with van der Waals surface area (Å²) in [5.41, 5.74) is 8.69. The highest BCUT2D eigenvalue weighted by Crippen LogP contribution is 2.36. The van der Waals surface area contributed by atoms with E-state index in [-0.39, 0.29) is 0 Å². The third kappa shape index (κ3) is 3.26. The summed E-state index contributed by atoms with van der Waals surface area (Å²) in [6, 6.07) is 9.19. The Morgan fingerprint density at radius 2 is 2.21 bits per heavy atom. The summed E-state index contributed by atoms with van der Waals surface area (Å²) >= 11 is 0. The maximum Gasteiger partial charge on any atom is 0.189 e. The van der Waals surface area contributed by atoms with Gasteiger partial charge in [-0.05, 0) is 24.5 Å². The molecule has 3 N–H and O–H groups in total. The van der Waals surface area contributed by atoms with E-state index >= 15 is 0 Å². The Morgan fingerprint density at radius 1 is 1.42 bits per heavy atom. The normalized spacial score (nSPS) is 19.5. The number of nitrogens with zero attached hydrogens (tertiary/aromatic N) is 2. The summed E-state index contributed by atoms with van der Waals surface area (Å²) in [4.78, 5) is 6.82. The predicted molar refractivity (Wildman–Crippen MR) is 79.8 cm³/mol.